The Kier molecular flexibility index (Phi) is 2.71. The van der Waals surface area contributed by atoms with Crippen molar-refractivity contribution in [1.29, 1.82) is 0 Å². The van der Waals surface area contributed by atoms with Crippen LogP contribution >= 0.6 is 0 Å². The van der Waals surface area contributed by atoms with Crippen molar-refractivity contribution in [1.82, 2.24) is 4.98 Å². The molecule has 5 rings (SSSR count). The molecule has 0 amide bonds. The predicted molar refractivity (Wildman–Crippen MR) is 92.1 cm³/mol. The average molecular weight is 311 g/mol. The molecule has 0 atom stereocenters. The van der Waals surface area contributed by atoms with Gasteiger partial charge in [0.25, 0.3) is 0 Å². The van der Waals surface area contributed by atoms with Gasteiger partial charge in [-0.05, 0) is 10.9 Å². The van der Waals surface area contributed by atoms with Crippen LogP contribution in [0.5, 0.6) is 0 Å². The van der Waals surface area contributed by atoms with Crippen molar-refractivity contribution in [2.45, 2.75) is 6.42 Å². The summed E-state index contributed by atoms with van der Waals surface area (Å²) in [6.07, 6.45) is 0.577. The molecule has 0 saturated heterocycles. The first kappa shape index (κ1) is 13.3. The van der Waals surface area contributed by atoms with E-state index in [0.717, 1.165) is 21.9 Å². The standard InChI is InChI=1S/C21H13NO2/c23-20-15-10-4-8-14-9-5-11-16(18(14)15)21-19(20)22-17(24-21)12-13-6-2-1-3-7-13/h1-11H,12H2. The van der Waals surface area contributed by atoms with Gasteiger partial charge in [0.2, 0.25) is 5.78 Å². The molecule has 1 aromatic heterocycles. The molecule has 1 aliphatic carbocycles. The van der Waals surface area contributed by atoms with Crippen molar-refractivity contribution in [3.8, 4) is 11.3 Å². The molecule has 1 aliphatic rings. The summed E-state index contributed by atoms with van der Waals surface area (Å²) < 4.78 is 6.00. The van der Waals surface area contributed by atoms with E-state index in [9.17, 15) is 4.79 Å². The fraction of sp³-hybridized carbons (Fsp3) is 0.0476. The van der Waals surface area contributed by atoms with E-state index in [2.05, 4.69) is 4.98 Å². The van der Waals surface area contributed by atoms with E-state index in [0.29, 0.717) is 29.3 Å². The van der Waals surface area contributed by atoms with Gasteiger partial charge in [0.1, 0.15) is 0 Å². The summed E-state index contributed by atoms with van der Waals surface area (Å²) in [4.78, 5) is 17.3. The molecule has 0 aliphatic heterocycles. The van der Waals surface area contributed by atoms with Crippen LogP contribution in [0.2, 0.25) is 0 Å². The molecule has 0 radical (unpaired) electrons. The van der Waals surface area contributed by atoms with E-state index in [-0.39, 0.29) is 5.78 Å². The van der Waals surface area contributed by atoms with E-state index in [1.54, 1.807) is 0 Å². The Bertz CT molecular complexity index is 1090. The minimum absolute atomic E-state index is 0.0580. The molecule has 0 bridgehead atoms. The van der Waals surface area contributed by atoms with Crippen LogP contribution in [0, 0.1) is 0 Å². The number of benzene rings is 3. The van der Waals surface area contributed by atoms with Crippen LogP contribution in [0.4, 0.5) is 0 Å². The number of hydrogen-bond donors (Lipinski definition) is 0. The highest BCUT2D eigenvalue weighted by atomic mass is 16.4. The fourth-order valence-corrected chi connectivity index (χ4v) is 3.39. The Morgan fingerprint density at radius 1 is 0.833 bits per heavy atom. The van der Waals surface area contributed by atoms with Gasteiger partial charge in [-0.25, -0.2) is 4.98 Å². The fourth-order valence-electron chi connectivity index (χ4n) is 3.39. The monoisotopic (exact) mass is 311 g/mol. The smallest absolute Gasteiger partial charge is 0.216 e. The van der Waals surface area contributed by atoms with Crippen LogP contribution in [0.15, 0.2) is 71.1 Å². The third-order valence-electron chi connectivity index (χ3n) is 4.48. The summed E-state index contributed by atoms with van der Waals surface area (Å²) in [5.74, 6) is 1.11. The van der Waals surface area contributed by atoms with Gasteiger partial charge in [0.05, 0.1) is 0 Å². The molecule has 0 unspecified atom stereocenters. The molecular formula is C21H13NO2. The normalized spacial score (nSPS) is 12.4. The summed E-state index contributed by atoms with van der Waals surface area (Å²) in [5, 5.41) is 2.00. The molecular weight excluding hydrogens is 298 g/mol. The Hall–Kier alpha value is -3.20. The zero-order valence-electron chi connectivity index (χ0n) is 12.8. The van der Waals surface area contributed by atoms with Crippen molar-refractivity contribution in [2.24, 2.45) is 0 Å². The van der Waals surface area contributed by atoms with Crippen molar-refractivity contribution in [2.75, 3.05) is 0 Å². The van der Waals surface area contributed by atoms with Crippen LogP contribution in [-0.4, -0.2) is 10.8 Å². The number of carbonyl (C=O) groups excluding carboxylic acids is 1. The molecule has 3 nitrogen and oxygen atoms in total. The quantitative estimate of drug-likeness (QED) is 0.477. The van der Waals surface area contributed by atoms with Crippen LogP contribution in [0.1, 0.15) is 27.5 Å². The Morgan fingerprint density at radius 3 is 2.38 bits per heavy atom. The second-order valence-corrected chi connectivity index (χ2v) is 5.99. The first-order chi connectivity index (χ1) is 11.8. The summed E-state index contributed by atoms with van der Waals surface area (Å²) in [6.45, 7) is 0. The van der Waals surface area contributed by atoms with E-state index in [1.807, 2.05) is 66.7 Å². The topological polar surface area (TPSA) is 43.1 Å². The third kappa shape index (κ3) is 1.85. The lowest BCUT2D eigenvalue weighted by Crippen LogP contribution is -2.09. The van der Waals surface area contributed by atoms with Gasteiger partial charge in [0.15, 0.2) is 17.3 Å². The lowest BCUT2D eigenvalue weighted by Gasteiger charge is -2.14. The molecule has 0 spiro atoms. The maximum atomic E-state index is 12.8. The number of rotatable bonds is 2. The van der Waals surface area contributed by atoms with Gasteiger partial charge >= 0.3 is 0 Å². The van der Waals surface area contributed by atoms with E-state index >= 15 is 0 Å². The molecule has 0 fully saturated rings. The van der Waals surface area contributed by atoms with Crippen molar-refractivity contribution in [3.63, 3.8) is 0 Å². The summed E-state index contributed by atoms with van der Waals surface area (Å²) in [5.41, 5.74) is 3.19. The number of hydrogen-bond acceptors (Lipinski definition) is 3. The highest BCUT2D eigenvalue weighted by Gasteiger charge is 2.30. The maximum Gasteiger partial charge on any atom is 0.216 e. The molecule has 4 aromatic rings. The molecule has 3 aromatic carbocycles. The number of fused-ring (bicyclic) bond motifs is 2. The molecule has 0 N–H and O–H groups in total. The SMILES string of the molecule is O=C1c2nc(Cc3ccccc3)oc2-c2cccc3cccc1c23. The zero-order chi connectivity index (χ0) is 16.1. The van der Waals surface area contributed by atoms with Gasteiger partial charge < -0.3 is 4.42 Å². The van der Waals surface area contributed by atoms with Gasteiger partial charge in [-0.15, -0.1) is 0 Å². The summed E-state index contributed by atoms with van der Waals surface area (Å²) >= 11 is 0. The summed E-state index contributed by atoms with van der Waals surface area (Å²) in [7, 11) is 0. The third-order valence-corrected chi connectivity index (χ3v) is 4.48. The number of carbonyl (C=O) groups is 1. The van der Waals surface area contributed by atoms with Crippen LogP contribution in [0.25, 0.3) is 22.1 Å². The number of aromatic nitrogens is 1. The van der Waals surface area contributed by atoms with E-state index in [1.165, 1.54) is 0 Å². The van der Waals surface area contributed by atoms with E-state index < -0.39 is 0 Å². The van der Waals surface area contributed by atoms with E-state index in [4.69, 9.17) is 4.42 Å². The Labute approximate surface area is 138 Å². The van der Waals surface area contributed by atoms with Gasteiger partial charge in [0, 0.05) is 22.9 Å². The van der Waals surface area contributed by atoms with Crippen molar-refractivity contribution < 1.29 is 9.21 Å². The second-order valence-electron chi connectivity index (χ2n) is 5.99. The zero-order valence-corrected chi connectivity index (χ0v) is 12.8. The van der Waals surface area contributed by atoms with Crippen molar-refractivity contribution >= 4 is 16.6 Å². The Morgan fingerprint density at radius 2 is 1.58 bits per heavy atom. The maximum absolute atomic E-state index is 12.8. The van der Waals surface area contributed by atoms with Crippen LogP contribution < -0.4 is 0 Å². The number of nitrogens with zero attached hydrogens (tertiary/aromatic N) is 1. The van der Waals surface area contributed by atoms with Gasteiger partial charge in [-0.3, -0.25) is 4.79 Å². The number of oxazole rings is 1. The van der Waals surface area contributed by atoms with Crippen LogP contribution in [-0.2, 0) is 6.42 Å². The first-order valence-electron chi connectivity index (χ1n) is 7.92. The lowest BCUT2D eigenvalue weighted by molar-refractivity contribution is 0.103. The van der Waals surface area contributed by atoms with Gasteiger partial charge in [-0.1, -0.05) is 66.7 Å². The molecule has 24 heavy (non-hydrogen) atoms. The van der Waals surface area contributed by atoms with Gasteiger partial charge in [-0.2, -0.15) is 0 Å². The second kappa shape index (κ2) is 4.90. The average Bonchev–Trinajstić information content (AvgIpc) is 3.04. The largest absolute Gasteiger partial charge is 0.440 e. The molecule has 114 valence electrons. The molecule has 1 heterocycles. The minimum Gasteiger partial charge on any atom is -0.440 e. The highest BCUT2D eigenvalue weighted by molar-refractivity contribution is 6.24. The van der Waals surface area contributed by atoms with Crippen LogP contribution in [0.3, 0.4) is 0 Å². The highest BCUT2D eigenvalue weighted by Crippen LogP contribution is 2.39. The first-order valence-corrected chi connectivity index (χ1v) is 7.92. The predicted octanol–water partition coefficient (Wildman–Crippen LogP) is 4.63. The lowest BCUT2D eigenvalue weighted by atomic mass is 9.89. The number of ketones is 1. The van der Waals surface area contributed by atoms with Crippen molar-refractivity contribution in [3.05, 3.63) is 89.4 Å². The summed E-state index contributed by atoms with van der Waals surface area (Å²) in [6, 6.07) is 21.8. The molecule has 0 saturated carbocycles. The molecule has 3 heteroatoms. The minimum atomic E-state index is -0.0580. The Balaban J connectivity index is 1.70.